The predicted molar refractivity (Wildman–Crippen MR) is 126 cm³/mol. The topological polar surface area (TPSA) is 134 Å². The largest absolute Gasteiger partial charge is 0.469 e. The van der Waals surface area contributed by atoms with E-state index in [0.717, 1.165) is 38.5 Å². The average Bonchev–Trinajstić information content (AvgIpc) is 2.82. The molecule has 1 N–H and O–H groups in total. The first kappa shape index (κ1) is 26.3. The van der Waals surface area contributed by atoms with Crippen molar-refractivity contribution in [2.45, 2.75) is 56.3 Å². The monoisotopic (exact) mass is 473 g/mol. The number of ether oxygens (including phenoxy) is 1. The lowest BCUT2D eigenvalue weighted by Crippen LogP contribution is -2.24. The lowest BCUT2D eigenvalue weighted by molar-refractivity contribution is -0.141. The highest BCUT2D eigenvalue weighted by Crippen LogP contribution is 2.22. The highest BCUT2D eigenvalue weighted by molar-refractivity contribution is 7.89. The zero-order chi connectivity index (χ0) is 23.9. The second kappa shape index (κ2) is 14.3. The van der Waals surface area contributed by atoms with E-state index in [2.05, 4.69) is 25.8 Å². The van der Waals surface area contributed by atoms with Gasteiger partial charge >= 0.3 is 5.97 Å². The number of carbonyl (C=O) groups excluding carboxylic acids is 1. The summed E-state index contributed by atoms with van der Waals surface area (Å²) < 4.78 is 32.2. The molecule has 0 aliphatic carbocycles. The van der Waals surface area contributed by atoms with Gasteiger partial charge in [-0.05, 0) is 60.9 Å². The lowest BCUT2D eigenvalue weighted by atomic mass is 9.91. The van der Waals surface area contributed by atoms with Crippen molar-refractivity contribution in [3.05, 3.63) is 64.8 Å². The van der Waals surface area contributed by atoms with E-state index < -0.39 is 10.0 Å². The van der Waals surface area contributed by atoms with E-state index in [1.54, 1.807) is 6.20 Å². The van der Waals surface area contributed by atoms with Crippen LogP contribution in [0.5, 0.6) is 0 Å². The molecule has 0 aliphatic rings. The summed E-state index contributed by atoms with van der Waals surface area (Å²) in [7, 11) is -2.22. The van der Waals surface area contributed by atoms with Crippen molar-refractivity contribution < 1.29 is 17.9 Å². The first-order chi connectivity index (χ1) is 15.9. The molecule has 0 aliphatic heterocycles. The Morgan fingerprint density at radius 1 is 1.15 bits per heavy atom. The van der Waals surface area contributed by atoms with E-state index in [0.29, 0.717) is 31.0 Å². The molecule has 0 bridgehead atoms. The van der Waals surface area contributed by atoms with E-state index in [9.17, 15) is 13.2 Å². The minimum Gasteiger partial charge on any atom is -0.469 e. The lowest BCUT2D eigenvalue weighted by Gasteiger charge is -2.16. The molecule has 0 amide bonds. The van der Waals surface area contributed by atoms with Crippen LogP contribution in [0.1, 0.15) is 50.5 Å². The Morgan fingerprint density at radius 3 is 2.58 bits per heavy atom. The van der Waals surface area contributed by atoms with Gasteiger partial charge in [-0.1, -0.05) is 42.6 Å². The van der Waals surface area contributed by atoms with Crippen molar-refractivity contribution in [1.29, 1.82) is 0 Å². The molecule has 178 valence electrons. The molecule has 1 heterocycles. The number of methoxy groups -OCH3 is 1. The molecule has 0 spiro atoms. The molecule has 1 aromatic carbocycles. The van der Waals surface area contributed by atoms with E-state index in [1.165, 1.54) is 36.9 Å². The zero-order valence-corrected chi connectivity index (χ0v) is 19.7. The van der Waals surface area contributed by atoms with Gasteiger partial charge in [0, 0.05) is 36.0 Å². The molecule has 9 nitrogen and oxygen atoms in total. The molecule has 1 unspecified atom stereocenters. The summed E-state index contributed by atoms with van der Waals surface area (Å²) in [6.07, 6.45) is 10.2. The van der Waals surface area contributed by atoms with Gasteiger partial charge in [0.15, 0.2) is 0 Å². The summed E-state index contributed by atoms with van der Waals surface area (Å²) in [4.78, 5) is 18.5. The van der Waals surface area contributed by atoms with Crippen LogP contribution in [0.15, 0.2) is 58.8 Å². The van der Waals surface area contributed by atoms with Gasteiger partial charge in [0.2, 0.25) is 10.0 Å². The second-order valence-corrected chi connectivity index (χ2v) is 9.58. The quantitative estimate of drug-likeness (QED) is 0.127. The van der Waals surface area contributed by atoms with Crippen LogP contribution in [-0.2, 0) is 26.0 Å². The molecule has 0 radical (unpaired) electrons. The number of carbonyl (C=O) groups is 1. The number of aromatic nitrogens is 1. The highest BCUT2D eigenvalue weighted by atomic mass is 32.2. The highest BCUT2D eigenvalue weighted by Gasteiger charge is 2.14. The fourth-order valence-electron chi connectivity index (χ4n) is 3.59. The number of benzene rings is 1. The van der Waals surface area contributed by atoms with Crippen LogP contribution in [-0.4, -0.2) is 33.0 Å². The summed E-state index contributed by atoms with van der Waals surface area (Å²) in [5.41, 5.74) is 9.99. The Kier molecular flexibility index (Phi) is 11.4. The van der Waals surface area contributed by atoms with Crippen LogP contribution in [0.3, 0.4) is 0 Å². The van der Waals surface area contributed by atoms with E-state index in [1.807, 2.05) is 12.3 Å². The molecule has 2 rings (SSSR count). The van der Waals surface area contributed by atoms with Gasteiger partial charge in [0.25, 0.3) is 0 Å². The van der Waals surface area contributed by atoms with Crippen molar-refractivity contribution in [2.24, 2.45) is 11.0 Å². The number of nitrogens with one attached hydrogen (secondary N) is 1. The number of hydrogen-bond donors (Lipinski definition) is 1. The van der Waals surface area contributed by atoms with Crippen LogP contribution < -0.4 is 4.72 Å². The van der Waals surface area contributed by atoms with Crippen molar-refractivity contribution in [1.82, 2.24) is 9.71 Å². The van der Waals surface area contributed by atoms with Gasteiger partial charge in [-0.3, -0.25) is 9.78 Å². The number of aryl methyl sites for hydroxylation is 1. The van der Waals surface area contributed by atoms with E-state index >= 15 is 0 Å². The summed E-state index contributed by atoms with van der Waals surface area (Å²) >= 11 is 0. The Bertz CT molecular complexity index is 1010. The van der Waals surface area contributed by atoms with Crippen molar-refractivity contribution >= 4 is 21.7 Å². The summed E-state index contributed by atoms with van der Waals surface area (Å²) in [6.45, 7) is 0.333. The summed E-state index contributed by atoms with van der Waals surface area (Å²) in [5, 5.41) is 3.44. The fourth-order valence-corrected chi connectivity index (χ4v) is 4.66. The Morgan fingerprint density at radius 2 is 1.91 bits per heavy atom. The standard InChI is InChI=1S/C23H31N5O4S/c1-32-23(29)15-10-19(7-4-8-20-9-5-16-25-18-20)6-2-3-17-26-33(30,31)22-13-11-21(12-14-22)27-28-24/h5,9,11-14,16,18-19,26H,2-4,6-8,10,15,17H2,1H3. The maximum atomic E-state index is 12.4. The average molecular weight is 474 g/mol. The molecule has 1 aromatic heterocycles. The SMILES string of the molecule is COC(=O)CCC(CCCCNS(=O)(=O)c1ccc(N=[N+]=[N-])cc1)CCCc1cccnc1. The number of esters is 1. The van der Waals surface area contributed by atoms with Crippen LogP contribution in [0.4, 0.5) is 5.69 Å². The van der Waals surface area contributed by atoms with E-state index in [4.69, 9.17) is 10.3 Å². The molecular formula is C23H31N5O4S. The van der Waals surface area contributed by atoms with Crippen LogP contribution >= 0.6 is 0 Å². The van der Waals surface area contributed by atoms with E-state index in [-0.39, 0.29) is 10.9 Å². The minimum absolute atomic E-state index is 0.130. The first-order valence-corrected chi connectivity index (χ1v) is 12.5. The normalized spacial score (nSPS) is 12.0. The van der Waals surface area contributed by atoms with Gasteiger partial charge in [-0.15, -0.1) is 0 Å². The maximum Gasteiger partial charge on any atom is 0.305 e. The van der Waals surface area contributed by atoms with Crippen molar-refractivity contribution in [3.8, 4) is 0 Å². The number of rotatable bonds is 15. The Hall–Kier alpha value is -2.94. The molecule has 10 heteroatoms. The van der Waals surface area contributed by atoms with Gasteiger partial charge in [0.05, 0.1) is 12.0 Å². The molecule has 0 saturated heterocycles. The predicted octanol–water partition coefficient (Wildman–Crippen LogP) is 5.06. The van der Waals surface area contributed by atoms with Gasteiger partial charge in [-0.2, -0.15) is 0 Å². The molecule has 0 fully saturated rings. The molecule has 2 aromatic rings. The first-order valence-electron chi connectivity index (χ1n) is 11.0. The summed E-state index contributed by atoms with van der Waals surface area (Å²) in [6, 6.07) is 9.75. The van der Waals surface area contributed by atoms with Crippen molar-refractivity contribution in [3.63, 3.8) is 0 Å². The number of pyridine rings is 1. The maximum absolute atomic E-state index is 12.4. The van der Waals surface area contributed by atoms with Gasteiger partial charge in [0.1, 0.15) is 0 Å². The number of unbranched alkanes of at least 4 members (excludes halogenated alkanes) is 1. The Labute approximate surface area is 195 Å². The number of nitrogens with zero attached hydrogens (tertiary/aromatic N) is 4. The third kappa shape index (κ3) is 10.0. The zero-order valence-electron chi connectivity index (χ0n) is 18.9. The van der Waals surface area contributed by atoms with Crippen LogP contribution in [0.2, 0.25) is 0 Å². The smallest absolute Gasteiger partial charge is 0.305 e. The van der Waals surface area contributed by atoms with Crippen LogP contribution in [0, 0.1) is 5.92 Å². The molecular weight excluding hydrogens is 442 g/mol. The summed E-state index contributed by atoms with van der Waals surface area (Å²) in [5.74, 6) is 0.178. The molecule has 1 atom stereocenters. The van der Waals surface area contributed by atoms with Gasteiger partial charge in [-0.25, -0.2) is 13.1 Å². The number of hydrogen-bond acceptors (Lipinski definition) is 6. The van der Waals surface area contributed by atoms with Crippen LogP contribution in [0.25, 0.3) is 10.4 Å². The number of sulfonamides is 1. The number of azide groups is 1. The van der Waals surface area contributed by atoms with Gasteiger partial charge < -0.3 is 4.74 Å². The third-order valence-corrected chi connectivity index (χ3v) is 6.90. The minimum atomic E-state index is -3.61. The molecule has 33 heavy (non-hydrogen) atoms. The third-order valence-electron chi connectivity index (χ3n) is 5.42. The Balaban J connectivity index is 1.77. The fraction of sp³-hybridized carbons (Fsp3) is 0.478. The van der Waals surface area contributed by atoms with Crippen molar-refractivity contribution in [2.75, 3.05) is 13.7 Å². The molecule has 0 saturated carbocycles. The second-order valence-electron chi connectivity index (χ2n) is 7.81.